The number of hydrogen-bond acceptors (Lipinski definition) is 5. The van der Waals surface area contributed by atoms with E-state index >= 15 is 0 Å². The lowest BCUT2D eigenvalue weighted by Crippen LogP contribution is -2.53. The van der Waals surface area contributed by atoms with E-state index in [0.717, 1.165) is 5.56 Å². The SMILES string of the molecule is Cl.NCC(=O)NCCc1ccccc1C(=O)N1CCN(CC(=O)O)C(=O)C1. The van der Waals surface area contributed by atoms with Crippen molar-refractivity contribution in [3.63, 3.8) is 0 Å². The first-order valence-electron chi connectivity index (χ1n) is 8.26. The van der Waals surface area contributed by atoms with E-state index in [-0.39, 0.29) is 62.9 Å². The number of piperazine rings is 1. The van der Waals surface area contributed by atoms with E-state index in [4.69, 9.17) is 10.8 Å². The second kappa shape index (κ2) is 10.5. The van der Waals surface area contributed by atoms with Crippen LogP contribution in [0.3, 0.4) is 0 Å². The lowest BCUT2D eigenvalue weighted by Gasteiger charge is -2.33. The molecule has 0 atom stereocenters. The Hall–Kier alpha value is -2.65. The molecule has 0 aromatic heterocycles. The average molecular weight is 399 g/mol. The molecule has 10 heteroatoms. The lowest BCUT2D eigenvalue weighted by molar-refractivity contribution is -0.146. The van der Waals surface area contributed by atoms with E-state index in [1.165, 1.54) is 9.80 Å². The molecule has 0 spiro atoms. The third-order valence-electron chi connectivity index (χ3n) is 4.08. The fourth-order valence-corrected chi connectivity index (χ4v) is 2.74. The summed E-state index contributed by atoms with van der Waals surface area (Å²) >= 11 is 0. The fraction of sp³-hybridized carbons (Fsp3) is 0.412. The maximum absolute atomic E-state index is 12.8. The summed E-state index contributed by atoms with van der Waals surface area (Å²) in [5, 5.41) is 11.5. The summed E-state index contributed by atoms with van der Waals surface area (Å²) in [6.45, 7) is 0.208. The molecular weight excluding hydrogens is 376 g/mol. The highest BCUT2D eigenvalue weighted by atomic mass is 35.5. The third-order valence-corrected chi connectivity index (χ3v) is 4.08. The van der Waals surface area contributed by atoms with Crippen LogP contribution >= 0.6 is 12.4 Å². The number of nitrogens with one attached hydrogen (secondary N) is 1. The Morgan fingerprint density at radius 1 is 1.19 bits per heavy atom. The van der Waals surface area contributed by atoms with Crippen molar-refractivity contribution in [3.8, 4) is 0 Å². The maximum atomic E-state index is 12.8. The highest BCUT2D eigenvalue weighted by Crippen LogP contribution is 2.14. The largest absolute Gasteiger partial charge is 0.480 e. The predicted molar refractivity (Wildman–Crippen MR) is 99.6 cm³/mol. The molecule has 1 heterocycles. The van der Waals surface area contributed by atoms with E-state index in [1.54, 1.807) is 24.3 Å². The van der Waals surface area contributed by atoms with Gasteiger partial charge in [0, 0.05) is 25.2 Å². The number of rotatable bonds is 7. The van der Waals surface area contributed by atoms with Crippen LogP contribution in [0.25, 0.3) is 0 Å². The number of benzene rings is 1. The van der Waals surface area contributed by atoms with Crippen molar-refractivity contribution in [1.29, 1.82) is 0 Å². The molecule has 1 aromatic carbocycles. The number of nitrogens with zero attached hydrogens (tertiary/aromatic N) is 2. The normalized spacial score (nSPS) is 13.7. The number of aliphatic carboxylic acids is 1. The Balaban J connectivity index is 0.00000364. The van der Waals surface area contributed by atoms with Gasteiger partial charge in [0.25, 0.3) is 5.91 Å². The van der Waals surface area contributed by atoms with Crippen molar-refractivity contribution in [2.75, 3.05) is 39.3 Å². The maximum Gasteiger partial charge on any atom is 0.323 e. The summed E-state index contributed by atoms with van der Waals surface area (Å²) in [5.74, 6) is -2.02. The molecule has 27 heavy (non-hydrogen) atoms. The van der Waals surface area contributed by atoms with Gasteiger partial charge in [0.15, 0.2) is 0 Å². The molecule has 1 aliphatic heterocycles. The zero-order valence-corrected chi connectivity index (χ0v) is 15.5. The predicted octanol–water partition coefficient (Wildman–Crippen LogP) is -0.905. The highest BCUT2D eigenvalue weighted by molar-refractivity contribution is 5.98. The van der Waals surface area contributed by atoms with Crippen LogP contribution in [-0.2, 0) is 20.8 Å². The van der Waals surface area contributed by atoms with Crippen molar-refractivity contribution in [2.24, 2.45) is 5.73 Å². The minimum atomic E-state index is -1.08. The Kier molecular flexibility index (Phi) is 8.70. The molecule has 0 bridgehead atoms. The molecular formula is C17H23ClN4O5. The lowest BCUT2D eigenvalue weighted by atomic mass is 10.0. The van der Waals surface area contributed by atoms with Gasteiger partial charge in [-0.2, -0.15) is 0 Å². The molecule has 9 nitrogen and oxygen atoms in total. The smallest absolute Gasteiger partial charge is 0.323 e. The molecule has 1 aromatic rings. The van der Waals surface area contributed by atoms with Crippen molar-refractivity contribution in [2.45, 2.75) is 6.42 Å². The minimum absolute atomic E-state index is 0. The number of carbonyl (C=O) groups is 4. The summed E-state index contributed by atoms with van der Waals surface area (Å²) in [4.78, 5) is 49.4. The second-order valence-electron chi connectivity index (χ2n) is 5.90. The molecule has 1 aliphatic rings. The van der Waals surface area contributed by atoms with Gasteiger partial charge in [-0.05, 0) is 18.1 Å². The number of hydrogen-bond donors (Lipinski definition) is 3. The van der Waals surface area contributed by atoms with E-state index in [1.807, 2.05) is 0 Å². The van der Waals surface area contributed by atoms with E-state index in [2.05, 4.69) is 5.32 Å². The van der Waals surface area contributed by atoms with Gasteiger partial charge >= 0.3 is 5.97 Å². The molecule has 4 N–H and O–H groups in total. The van der Waals surface area contributed by atoms with Crippen LogP contribution in [0, 0.1) is 0 Å². The van der Waals surface area contributed by atoms with Gasteiger partial charge in [0.2, 0.25) is 11.8 Å². The van der Waals surface area contributed by atoms with Gasteiger partial charge in [-0.1, -0.05) is 18.2 Å². The van der Waals surface area contributed by atoms with Gasteiger partial charge in [0.05, 0.1) is 6.54 Å². The van der Waals surface area contributed by atoms with Crippen molar-refractivity contribution in [1.82, 2.24) is 15.1 Å². The first kappa shape index (κ1) is 22.4. The van der Waals surface area contributed by atoms with E-state index in [9.17, 15) is 19.2 Å². The van der Waals surface area contributed by atoms with Crippen LogP contribution in [0.4, 0.5) is 0 Å². The van der Waals surface area contributed by atoms with Crippen molar-refractivity contribution < 1.29 is 24.3 Å². The number of carboxylic acid groups (broad SMARTS) is 1. The standard InChI is InChI=1S/C17H22N4O5.ClH/c18-9-14(22)19-6-5-12-3-1-2-4-13(12)17(26)21-8-7-20(11-16(24)25)15(23)10-21;/h1-4H,5-11,18H2,(H,19,22)(H,24,25);1H. The van der Waals surface area contributed by atoms with E-state index < -0.39 is 5.97 Å². The van der Waals surface area contributed by atoms with Gasteiger partial charge < -0.3 is 26.0 Å². The Morgan fingerprint density at radius 3 is 2.52 bits per heavy atom. The minimum Gasteiger partial charge on any atom is -0.480 e. The van der Waals surface area contributed by atoms with Gasteiger partial charge in [-0.25, -0.2) is 0 Å². The third kappa shape index (κ3) is 6.22. The summed E-state index contributed by atoms with van der Waals surface area (Å²) in [6.07, 6.45) is 0.459. The topological polar surface area (TPSA) is 133 Å². The molecule has 1 fully saturated rings. The van der Waals surface area contributed by atoms with Crippen LogP contribution in [-0.4, -0.2) is 77.9 Å². The molecule has 148 valence electrons. The second-order valence-corrected chi connectivity index (χ2v) is 5.90. The Labute approximate surface area is 162 Å². The average Bonchev–Trinajstić information content (AvgIpc) is 2.62. The number of halogens is 1. The quantitative estimate of drug-likeness (QED) is 0.545. The van der Waals surface area contributed by atoms with Crippen LogP contribution in [0.2, 0.25) is 0 Å². The van der Waals surface area contributed by atoms with Crippen LogP contribution in [0.15, 0.2) is 24.3 Å². The van der Waals surface area contributed by atoms with Crippen LogP contribution < -0.4 is 11.1 Å². The van der Waals surface area contributed by atoms with Crippen molar-refractivity contribution >= 4 is 36.1 Å². The number of amides is 3. The molecule has 0 unspecified atom stereocenters. The molecule has 3 amide bonds. The molecule has 0 aliphatic carbocycles. The van der Waals surface area contributed by atoms with Gasteiger partial charge in [-0.3, -0.25) is 19.2 Å². The molecule has 1 saturated heterocycles. The monoisotopic (exact) mass is 398 g/mol. The van der Waals surface area contributed by atoms with Crippen LogP contribution in [0.5, 0.6) is 0 Å². The first-order valence-corrected chi connectivity index (χ1v) is 8.26. The summed E-state index contributed by atoms with van der Waals surface area (Å²) in [5.41, 5.74) is 6.46. The Bertz CT molecular complexity index is 712. The van der Waals surface area contributed by atoms with Gasteiger partial charge in [0.1, 0.15) is 13.1 Å². The van der Waals surface area contributed by atoms with Gasteiger partial charge in [-0.15, -0.1) is 12.4 Å². The number of carbonyl (C=O) groups excluding carboxylic acids is 3. The summed E-state index contributed by atoms with van der Waals surface area (Å²) in [6, 6.07) is 7.01. The first-order chi connectivity index (χ1) is 12.4. The summed E-state index contributed by atoms with van der Waals surface area (Å²) in [7, 11) is 0. The fourth-order valence-electron chi connectivity index (χ4n) is 2.74. The summed E-state index contributed by atoms with van der Waals surface area (Å²) < 4.78 is 0. The van der Waals surface area contributed by atoms with E-state index in [0.29, 0.717) is 18.5 Å². The molecule has 0 radical (unpaired) electrons. The zero-order chi connectivity index (χ0) is 19.1. The Morgan fingerprint density at radius 2 is 1.89 bits per heavy atom. The highest BCUT2D eigenvalue weighted by Gasteiger charge is 2.29. The molecule has 0 saturated carbocycles. The number of nitrogens with two attached hydrogens (primary N) is 1. The zero-order valence-electron chi connectivity index (χ0n) is 14.7. The number of carboxylic acids is 1. The van der Waals surface area contributed by atoms with Crippen LogP contribution in [0.1, 0.15) is 15.9 Å². The van der Waals surface area contributed by atoms with Crippen molar-refractivity contribution in [3.05, 3.63) is 35.4 Å². The molecule has 2 rings (SSSR count).